The number of benzene rings is 1. The van der Waals surface area contributed by atoms with Gasteiger partial charge < -0.3 is 5.32 Å². The van der Waals surface area contributed by atoms with Crippen LogP contribution in [0.25, 0.3) is 0 Å². The normalized spacial score (nSPS) is 18.1. The SMILES string of the molecule is Cc1ccc(C)c(CN2CCC(CNC(C)(C)C)CC2)c1. The molecule has 1 aliphatic rings. The van der Waals surface area contributed by atoms with Gasteiger partial charge in [0.25, 0.3) is 0 Å². The molecular formula is C19H32N2. The molecule has 1 aromatic carbocycles. The minimum atomic E-state index is 0.246. The summed E-state index contributed by atoms with van der Waals surface area (Å²) in [6.07, 6.45) is 2.65. The molecule has 1 saturated heterocycles. The zero-order valence-corrected chi connectivity index (χ0v) is 14.5. The van der Waals surface area contributed by atoms with Crippen LogP contribution >= 0.6 is 0 Å². The number of nitrogens with zero attached hydrogens (tertiary/aromatic N) is 1. The van der Waals surface area contributed by atoms with Crippen molar-refractivity contribution in [3.05, 3.63) is 34.9 Å². The Morgan fingerprint density at radius 3 is 2.43 bits per heavy atom. The first kappa shape index (κ1) is 16.5. The van der Waals surface area contributed by atoms with Crippen LogP contribution in [0.1, 0.15) is 50.3 Å². The quantitative estimate of drug-likeness (QED) is 0.904. The molecule has 1 fully saturated rings. The van der Waals surface area contributed by atoms with Gasteiger partial charge in [-0.2, -0.15) is 0 Å². The average Bonchev–Trinajstić information content (AvgIpc) is 2.41. The Hall–Kier alpha value is -0.860. The summed E-state index contributed by atoms with van der Waals surface area (Å²) in [4.78, 5) is 2.62. The molecule has 118 valence electrons. The fourth-order valence-corrected chi connectivity index (χ4v) is 3.01. The van der Waals surface area contributed by atoms with Crippen LogP contribution in [0.4, 0.5) is 0 Å². The van der Waals surface area contributed by atoms with Crippen molar-refractivity contribution in [1.29, 1.82) is 0 Å². The molecule has 0 bridgehead atoms. The highest BCUT2D eigenvalue weighted by Gasteiger charge is 2.21. The number of aryl methyl sites for hydroxylation is 2. The summed E-state index contributed by atoms with van der Waals surface area (Å²) >= 11 is 0. The molecular weight excluding hydrogens is 256 g/mol. The van der Waals surface area contributed by atoms with E-state index in [-0.39, 0.29) is 5.54 Å². The third kappa shape index (κ3) is 5.44. The van der Waals surface area contributed by atoms with E-state index in [0.29, 0.717) is 0 Å². The molecule has 1 aromatic rings. The first-order valence-electron chi connectivity index (χ1n) is 8.37. The van der Waals surface area contributed by atoms with Gasteiger partial charge in [0.05, 0.1) is 0 Å². The summed E-state index contributed by atoms with van der Waals surface area (Å²) in [5.74, 6) is 0.846. The van der Waals surface area contributed by atoms with Crippen LogP contribution in [0.3, 0.4) is 0 Å². The molecule has 0 radical (unpaired) electrons. The Kier molecular flexibility index (Phi) is 5.45. The van der Waals surface area contributed by atoms with Crippen LogP contribution < -0.4 is 5.32 Å². The minimum absolute atomic E-state index is 0.246. The summed E-state index contributed by atoms with van der Waals surface area (Å²) < 4.78 is 0. The van der Waals surface area contributed by atoms with Crippen molar-refractivity contribution in [2.24, 2.45) is 5.92 Å². The molecule has 0 unspecified atom stereocenters. The lowest BCUT2D eigenvalue weighted by molar-refractivity contribution is 0.170. The summed E-state index contributed by atoms with van der Waals surface area (Å²) in [5.41, 5.74) is 4.55. The molecule has 0 aliphatic carbocycles. The molecule has 0 atom stereocenters. The number of likely N-dealkylation sites (tertiary alicyclic amines) is 1. The van der Waals surface area contributed by atoms with E-state index in [0.717, 1.165) is 12.5 Å². The van der Waals surface area contributed by atoms with Gasteiger partial charge in [-0.25, -0.2) is 0 Å². The fourth-order valence-electron chi connectivity index (χ4n) is 3.01. The zero-order valence-electron chi connectivity index (χ0n) is 14.5. The van der Waals surface area contributed by atoms with E-state index in [9.17, 15) is 0 Å². The second-order valence-corrected chi connectivity index (χ2v) is 7.78. The molecule has 1 N–H and O–H groups in total. The van der Waals surface area contributed by atoms with Gasteiger partial charge in [0.1, 0.15) is 0 Å². The van der Waals surface area contributed by atoms with Crippen molar-refractivity contribution in [2.45, 2.75) is 59.5 Å². The molecule has 0 saturated carbocycles. The van der Waals surface area contributed by atoms with Crippen LogP contribution in [0.2, 0.25) is 0 Å². The van der Waals surface area contributed by atoms with Crippen molar-refractivity contribution >= 4 is 0 Å². The zero-order chi connectivity index (χ0) is 15.5. The molecule has 0 aromatic heterocycles. The van der Waals surface area contributed by atoms with Crippen LogP contribution in [0.15, 0.2) is 18.2 Å². The van der Waals surface area contributed by atoms with Crippen molar-refractivity contribution < 1.29 is 0 Å². The minimum Gasteiger partial charge on any atom is -0.312 e. The van der Waals surface area contributed by atoms with Crippen molar-refractivity contribution in [1.82, 2.24) is 10.2 Å². The third-order valence-electron chi connectivity index (χ3n) is 4.53. The Morgan fingerprint density at radius 2 is 1.81 bits per heavy atom. The second-order valence-electron chi connectivity index (χ2n) is 7.78. The van der Waals surface area contributed by atoms with E-state index >= 15 is 0 Å². The highest BCUT2D eigenvalue weighted by molar-refractivity contribution is 5.30. The Labute approximate surface area is 130 Å². The summed E-state index contributed by atoms with van der Waals surface area (Å²) in [5, 5.41) is 3.65. The maximum atomic E-state index is 3.65. The van der Waals surface area contributed by atoms with Gasteiger partial charge in [0, 0.05) is 12.1 Å². The lowest BCUT2D eigenvalue weighted by Crippen LogP contribution is -2.42. The average molecular weight is 288 g/mol. The lowest BCUT2D eigenvalue weighted by atomic mass is 9.94. The second kappa shape index (κ2) is 6.93. The largest absolute Gasteiger partial charge is 0.312 e. The highest BCUT2D eigenvalue weighted by Crippen LogP contribution is 2.21. The number of piperidine rings is 1. The van der Waals surface area contributed by atoms with E-state index in [1.165, 1.54) is 49.2 Å². The predicted molar refractivity (Wildman–Crippen MR) is 91.7 cm³/mol. The number of hydrogen-bond acceptors (Lipinski definition) is 2. The number of nitrogens with one attached hydrogen (secondary N) is 1. The maximum absolute atomic E-state index is 3.65. The summed E-state index contributed by atoms with van der Waals surface area (Å²) in [7, 11) is 0. The van der Waals surface area contributed by atoms with Crippen molar-refractivity contribution in [3.8, 4) is 0 Å². The summed E-state index contributed by atoms with van der Waals surface area (Å²) in [6, 6.07) is 6.82. The topological polar surface area (TPSA) is 15.3 Å². The van der Waals surface area contributed by atoms with Gasteiger partial charge in [0.15, 0.2) is 0 Å². The van der Waals surface area contributed by atoms with Crippen LogP contribution in [-0.2, 0) is 6.54 Å². The molecule has 0 spiro atoms. The third-order valence-corrected chi connectivity index (χ3v) is 4.53. The molecule has 1 aliphatic heterocycles. The first-order chi connectivity index (χ1) is 9.83. The predicted octanol–water partition coefficient (Wildman–Crippen LogP) is 3.90. The molecule has 2 nitrogen and oxygen atoms in total. The smallest absolute Gasteiger partial charge is 0.0236 e. The van der Waals surface area contributed by atoms with Crippen LogP contribution in [0.5, 0.6) is 0 Å². The highest BCUT2D eigenvalue weighted by atomic mass is 15.1. The van der Waals surface area contributed by atoms with Gasteiger partial charge in [-0.1, -0.05) is 23.8 Å². The number of hydrogen-bond donors (Lipinski definition) is 1. The first-order valence-corrected chi connectivity index (χ1v) is 8.37. The van der Waals surface area contributed by atoms with Gasteiger partial charge in [-0.15, -0.1) is 0 Å². The lowest BCUT2D eigenvalue weighted by Gasteiger charge is -2.34. The van der Waals surface area contributed by atoms with Gasteiger partial charge in [-0.3, -0.25) is 4.90 Å². The van der Waals surface area contributed by atoms with Gasteiger partial charge >= 0.3 is 0 Å². The van der Waals surface area contributed by atoms with Gasteiger partial charge in [-0.05, 0) is 84.1 Å². The maximum Gasteiger partial charge on any atom is 0.0236 e. The van der Waals surface area contributed by atoms with Crippen LogP contribution in [-0.4, -0.2) is 30.1 Å². The van der Waals surface area contributed by atoms with Gasteiger partial charge in [0.2, 0.25) is 0 Å². The van der Waals surface area contributed by atoms with E-state index < -0.39 is 0 Å². The molecule has 1 heterocycles. The van der Waals surface area contributed by atoms with E-state index in [1.54, 1.807) is 0 Å². The molecule has 0 amide bonds. The fraction of sp³-hybridized carbons (Fsp3) is 0.684. The van der Waals surface area contributed by atoms with E-state index in [2.05, 4.69) is 63.0 Å². The van der Waals surface area contributed by atoms with Crippen molar-refractivity contribution in [2.75, 3.05) is 19.6 Å². The summed E-state index contributed by atoms with van der Waals surface area (Å²) in [6.45, 7) is 15.9. The van der Waals surface area contributed by atoms with E-state index in [4.69, 9.17) is 0 Å². The Bertz CT molecular complexity index is 451. The monoisotopic (exact) mass is 288 g/mol. The standard InChI is InChI=1S/C19H32N2/c1-15-6-7-16(2)18(12-15)14-21-10-8-17(9-11-21)13-20-19(3,4)5/h6-7,12,17,20H,8-11,13-14H2,1-5H3. The number of rotatable bonds is 4. The van der Waals surface area contributed by atoms with Crippen LogP contribution in [0, 0.1) is 19.8 Å². The Morgan fingerprint density at radius 1 is 1.14 bits per heavy atom. The van der Waals surface area contributed by atoms with Crippen molar-refractivity contribution in [3.63, 3.8) is 0 Å². The molecule has 2 rings (SSSR count). The van der Waals surface area contributed by atoms with E-state index in [1.807, 2.05) is 0 Å². The molecule has 2 heteroatoms. The Balaban J connectivity index is 1.80. The molecule has 21 heavy (non-hydrogen) atoms.